The standard InChI is InChI=1S/C12H11N5O/c13-11-10-8(15-16-11)6-9(17(14)12(10)18)7-4-2-1-3-5-7/h1-6H,14H2,(H3,13,15,16). The summed E-state index contributed by atoms with van der Waals surface area (Å²) in [4.78, 5) is 12.1. The number of pyridine rings is 1. The third-order valence-corrected chi connectivity index (χ3v) is 2.87. The van der Waals surface area contributed by atoms with E-state index in [1.807, 2.05) is 30.3 Å². The van der Waals surface area contributed by atoms with Crippen molar-refractivity contribution in [2.24, 2.45) is 0 Å². The van der Waals surface area contributed by atoms with Crippen LogP contribution in [0.3, 0.4) is 0 Å². The largest absolute Gasteiger partial charge is 0.382 e. The molecule has 6 nitrogen and oxygen atoms in total. The number of hydrogen-bond donors (Lipinski definition) is 3. The summed E-state index contributed by atoms with van der Waals surface area (Å²) in [6.07, 6.45) is 0. The van der Waals surface area contributed by atoms with Gasteiger partial charge in [-0.25, -0.2) is 4.68 Å². The van der Waals surface area contributed by atoms with Crippen molar-refractivity contribution < 1.29 is 0 Å². The molecule has 2 aromatic heterocycles. The van der Waals surface area contributed by atoms with Crippen LogP contribution >= 0.6 is 0 Å². The maximum absolute atomic E-state index is 12.1. The smallest absolute Gasteiger partial charge is 0.282 e. The van der Waals surface area contributed by atoms with Crippen molar-refractivity contribution in [1.82, 2.24) is 14.9 Å². The Morgan fingerprint density at radius 3 is 2.67 bits per heavy atom. The topological polar surface area (TPSA) is 103 Å². The minimum Gasteiger partial charge on any atom is -0.382 e. The van der Waals surface area contributed by atoms with E-state index in [0.29, 0.717) is 16.6 Å². The number of H-pyrrole nitrogens is 1. The van der Waals surface area contributed by atoms with Crippen molar-refractivity contribution in [3.8, 4) is 11.3 Å². The molecule has 0 radical (unpaired) electrons. The Labute approximate surface area is 102 Å². The molecular weight excluding hydrogens is 230 g/mol. The Bertz CT molecular complexity index is 772. The van der Waals surface area contributed by atoms with Gasteiger partial charge in [0.2, 0.25) is 0 Å². The number of nitrogens with one attached hydrogen (secondary N) is 1. The lowest BCUT2D eigenvalue weighted by atomic mass is 10.1. The first-order valence-corrected chi connectivity index (χ1v) is 5.38. The first-order valence-electron chi connectivity index (χ1n) is 5.38. The van der Waals surface area contributed by atoms with Gasteiger partial charge >= 0.3 is 0 Å². The quantitative estimate of drug-likeness (QED) is 0.545. The van der Waals surface area contributed by atoms with Crippen LogP contribution in [0.2, 0.25) is 0 Å². The van der Waals surface area contributed by atoms with Gasteiger partial charge in [-0.15, -0.1) is 0 Å². The van der Waals surface area contributed by atoms with Crippen molar-refractivity contribution in [2.45, 2.75) is 0 Å². The predicted octanol–water partition coefficient (Wildman–Crippen LogP) is 0.688. The Morgan fingerprint density at radius 2 is 1.94 bits per heavy atom. The van der Waals surface area contributed by atoms with Crippen LogP contribution < -0.4 is 17.1 Å². The molecule has 1 aromatic carbocycles. The van der Waals surface area contributed by atoms with Gasteiger partial charge in [0.05, 0.1) is 11.2 Å². The maximum Gasteiger partial charge on any atom is 0.282 e. The molecule has 0 aliphatic carbocycles. The number of nitrogens with two attached hydrogens (primary N) is 2. The highest BCUT2D eigenvalue weighted by molar-refractivity contribution is 5.90. The van der Waals surface area contributed by atoms with E-state index in [1.165, 1.54) is 0 Å². The summed E-state index contributed by atoms with van der Waals surface area (Å²) in [5, 5.41) is 6.86. The zero-order valence-electron chi connectivity index (χ0n) is 9.42. The average molecular weight is 241 g/mol. The Kier molecular flexibility index (Phi) is 2.09. The fourth-order valence-electron chi connectivity index (χ4n) is 1.97. The number of nitrogens with zero attached hydrogens (tertiary/aromatic N) is 2. The van der Waals surface area contributed by atoms with E-state index in [9.17, 15) is 4.79 Å². The van der Waals surface area contributed by atoms with Gasteiger partial charge in [-0.3, -0.25) is 9.89 Å². The summed E-state index contributed by atoms with van der Waals surface area (Å²) in [5.74, 6) is 5.98. The molecule has 0 fully saturated rings. The molecule has 0 saturated heterocycles. The zero-order chi connectivity index (χ0) is 12.7. The Hall–Kier alpha value is -2.76. The van der Waals surface area contributed by atoms with Crippen molar-refractivity contribution in [3.05, 3.63) is 46.8 Å². The molecule has 0 spiro atoms. The second kappa shape index (κ2) is 3.63. The number of rotatable bonds is 1. The van der Waals surface area contributed by atoms with E-state index in [1.54, 1.807) is 6.07 Å². The third kappa shape index (κ3) is 1.36. The summed E-state index contributed by atoms with van der Waals surface area (Å²) in [5.41, 5.74) is 7.30. The van der Waals surface area contributed by atoms with E-state index in [0.717, 1.165) is 10.2 Å². The minimum absolute atomic E-state index is 0.161. The highest BCUT2D eigenvalue weighted by atomic mass is 16.1. The highest BCUT2D eigenvalue weighted by Crippen LogP contribution is 2.21. The first kappa shape index (κ1) is 10.4. The molecule has 2 heterocycles. The van der Waals surface area contributed by atoms with Crippen molar-refractivity contribution >= 4 is 16.7 Å². The minimum atomic E-state index is -0.363. The summed E-state index contributed by atoms with van der Waals surface area (Å²) in [7, 11) is 0. The van der Waals surface area contributed by atoms with Crippen molar-refractivity contribution in [2.75, 3.05) is 11.6 Å². The first-order chi connectivity index (χ1) is 8.68. The molecule has 5 N–H and O–H groups in total. The van der Waals surface area contributed by atoms with Gasteiger partial charge in [-0.05, 0) is 6.07 Å². The number of aromatic amines is 1. The van der Waals surface area contributed by atoms with Crippen LogP contribution in [0, 0.1) is 0 Å². The van der Waals surface area contributed by atoms with Crippen molar-refractivity contribution in [1.29, 1.82) is 0 Å². The number of anilines is 1. The van der Waals surface area contributed by atoms with Gasteiger partial charge in [0.1, 0.15) is 5.39 Å². The molecule has 90 valence electrons. The summed E-state index contributed by atoms with van der Waals surface area (Å²) >= 11 is 0. The van der Waals surface area contributed by atoms with Crippen LogP contribution in [-0.4, -0.2) is 14.9 Å². The second-order valence-electron chi connectivity index (χ2n) is 3.97. The van der Waals surface area contributed by atoms with Crippen LogP contribution in [0.25, 0.3) is 22.2 Å². The molecule has 0 saturated carbocycles. The van der Waals surface area contributed by atoms with Crippen LogP contribution in [-0.2, 0) is 0 Å². The van der Waals surface area contributed by atoms with E-state index in [4.69, 9.17) is 11.6 Å². The lowest BCUT2D eigenvalue weighted by Gasteiger charge is -2.07. The summed E-state index contributed by atoms with van der Waals surface area (Å²) in [6, 6.07) is 11.2. The fraction of sp³-hybridized carbons (Fsp3) is 0. The van der Waals surface area contributed by atoms with Gasteiger partial charge in [0.15, 0.2) is 5.82 Å². The van der Waals surface area contributed by atoms with Gasteiger partial charge < -0.3 is 11.6 Å². The molecule has 18 heavy (non-hydrogen) atoms. The van der Waals surface area contributed by atoms with E-state index in [2.05, 4.69) is 10.2 Å². The van der Waals surface area contributed by atoms with Crippen LogP contribution in [0.4, 0.5) is 5.82 Å². The number of hydrogen-bond acceptors (Lipinski definition) is 4. The van der Waals surface area contributed by atoms with Crippen molar-refractivity contribution in [3.63, 3.8) is 0 Å². The molecule has 3 aromatic rings. The van der Waals surface area contributed by atoms with Crippen LogP contribution in [0.5, 0.6) is 0 Å². The lowest BCUT2D eigenvalue weighted by molar-refractivity contribution is 0.963. The molecule has 0 aliphatic rings. The normalized spacial score (nSPS) is 10.9. The number of fused-ring (bicyclic) bond motifs is 1. The van der Waals surface area contributed by atoms with Crippen LogP contribution in [0.15, 0.2) is 41.2 Å². The lowest BCUT2D eigenvalue weighted by Crippen LogP contribution is -2.28. The molecule has 6 heteroatoms. The molecule has 0 aliphatic heterocycles. The van der Waals surface area contributed by atoms with Crippen LogP contribution in [0.1, 0.15) is 0 Å². The number of nitrogen functional groups attached to an aromatic ring is 2. The fourth-order valence-corrected chi connectivity index (χ4v) is 1.97. The molecule has 0 bridgehead atoms. The zero-order valence-corrected chi connectivity index (χ0v) is 9.42. The summed E-state index contributed by atoms with van der Waals surface area (Å²) < 4.78 is 1.09. The number of aromatic nitrogens is 3. The third-order valence-electron chi connectivity index (χ3n) is 2.87. The predicted molar refractivity (Wildman–Crippen MR) is 70.4 cm³/mol. The second-order valence-corrected chi connectivity index (χ2v) is 3.97. The average Bonchev–Trinajstić information content (AvgIpc) is 2.76. The summed E-state index contributed by atoms with van der Waals surface area (Å²) in [6.45, 7) is 0. The van der Waals surface area contributed by atoms with Gasteiger partial charge in [0.25, 0.3) is 5.56 Å². The Morgan fingerprint density at radius 1 is 1.22 bits per heavy atom. The maximum atomic E-state index is 12.1. The molecule has 0 unspecified atom stereocenters. The molecular formula is C12H11N5O. The van der Waals surface area contributed by atoms with Gasteiger partial charge in [-0.2, -0.15) is 5.10 Å². The highest BCUT2D eigenvalue weighted by Gasteiger charge is 2.13. The monoisotopic (exact) mass is 241 g/mol. The van der Waals surface area contributed by atoms with E-state index < -0.39 is 0 Å². The van der Waals surface area contributed by atoms with Gasteiger partial charge in [-0.1, -0.05) is 30.3 Å². The van der Waals surface area contributed by atoms with Gasteiger partial charge in [0, 0.05) is 5.56 Å². The molecule has 0 amide bonds. The molecule has 0 atom stereocenters. The Balaban J connectivity index is 2.39. The molecule has 3 rings (SSSR count). The van der Waals surface area contributed by atoms with E-state index >= 15 is 0 Å². The van der Waals surface area contributed by atoms with E-state index in [-0.39, 0.29) is 11.4 Å². The number of benzene rings is 1. The SMILES string of the molecule is Nc1n[nH]c2cc(-c3ccccc3)n(N)c(=O)c12.